The molecule has 3 rings (SSSR count). The number of aliphatic carboxylic acids is 1. The summed E-state index contributed by atoms with van der Waals surface area (Å²) in [6.45, 7) is 0. The molecule has 0 bridgehead atoms. The summed E-state index contributed by atoms with van der Waals surface area (Å²) in [6, 6.07) is 8.63. The normalized spacial score (nSPS) is 18.6. The van der Waals surface area contributed by atoms with Gasteiger partial charge in [-0.2, -0.15) is 5.10 Å². The molecular formula is C16H11Cl2N3O4S. The molecule has 1 saturated heterocycles. The Kier molecular flexibility index (Phi) is 5.65. The third-order valence-electron chi connectivity index (χ3n) is 3.31. The van der Waals surface area contributed by atoms with Gasteiger partial charge in [0.15, 0.2) is 5.17 Å². The van der Waals surface area contributed by atoms with Crippen LogP contribution in [0.3, 0.4) is 0 Å². The van der Waals surface area contributed by atoms with Crippen molar-refractivity contribution in [3.8, 4) is 11.3 Å². The lowest BCUT2D eigenvalue weighted by Crippen LogP contribution is -2.26. The molecule has 1 aromatic carbocycles. The lowest BCUT2D eigenvalue weighted by atomic mass is 10.2. The highest BCUT2D eigenvalue weighted by molar-refractivity contribution is 8.15. The van der Waals surface area contributed by atoms with Gasteiger partial charge in [0.25, 0.3) is 0 Å². The summed E-state index contributed by atoms with van der Waals surface area (Å²) in [4.78, 5) is 22.3. The first-order chi connectivity index (χ1) is 12.4. The minimum atomic E-state index is -1.05. The van der Waals surface area contributed by atoms with Crippen LogP contribution in [-0.4, -0.2) is 33.6 Å². The minimum absolute atomic E-state index is 0.238. The van der Waals surface area contributed by atoms with E-state index in [1.807, 2.05) is 0 Å². The fourth-order valence-electron chi connectivity index (χ4n) is 2.14. The van der Waals surface area contributed by atoms with E-state index in [9.17, 15) is 9.59 Å². The third kappa shape index (κ3) is 4.27. The van der Waals surface area contributed by atoms with E-state index in [1.165, 1.54) is 6.21 Å². The van der Waals surface area contributed by atoms with E-state index in [4.69, 9.17) is 32.7 Å². The van der Waals surface area contributed by atoms with Crippen LogP contribution in [0.2, 0.25) is 10.0 Å². The monoisotopic (exact) mass is 411 g/mol. The van der Waals surface area contributed by atoms with Crippen LogP contribution in [0, 0.1) is 0 Å². The van der Waals surface area contributed by atoms with E-state index in [0.29, 0.717) is 27.1 Å². The average Bonchev–Trinajstić information content (AvgIpc) is 3.17. The van der Waals surface area contributed by atoms with Crippen molar-refractivity contribution >= 4 is 58.2 Å². The Morgan fingerprint density at radius 3 is 2.92 bits per heavy atom. The van der Waals surface area contributed by atoms with Crippen molar-refractivity contribution in [1.29, 1.82) is 0 Å². The third-order valence-corrected chi connectivity index (χ3v) is 5.20. The molecule has 0 saturated carbocycles. The quantitative estimate of drug-likeness (QED) is 0.576. The van der Waals surface area contributed by atoms with Crippen LogP contribution < -0.4 is 5.32 Å². The second kappa shape index (κ2) is 7.94. The number of nitrogens with zero attached hydrogens (tertiary/aromatic N) is 2. The number of hydrogen-bond acceptors (Lipinski definition) is 6. The van der Waals surface area contributed by atoms with Crippen molar-refractivity contribution in [2.45, 2.75) is 11.7 Å². The Labute approximate surface area is 162 Å². The maximum Gasteiger partial charge on any atom is 0.305 e. The van der Waals surface area contributed by atoms with Gasteiger partial charge in [-0.3, -0.25) is 9.59 Å². The number of carbonyl (C=O) groups is 2. The molecule has 1 amide bonds. The molecule has 7 nitrogen and oxygen atoms in total. The summed E-state index contributed by atoms with van der Waals surface area (Å²) < 4.78 is 5.63. The van der Waals surface area contributed by atoms with Gasteiger partial charge in [-0.05, 0) is 24.3 Å². The first-order valence-corrected chi connectivity index (χ1v) is 8.92. The molecule has 1 fully saturated rings. The van der Waals surface area contributed by atoms with E-state index in [2.05, 4.69) is 15.5 Å². The molecule has 2 N–H and O–H groups in total. The zero-order chi connectivity index (χ0) is 18.7. The highest BCUT2D eigenvalue weighted by atomic mass is 35.5. The molecule has 1 atom stereocenters. The molecule has 0 aliphatic carbocycles. The number of carbonyl (C=O) groups excluding carboxylic acids is 1. The van der Waals surface area contributed by atoms with Gasteiger partial charge in [-0.15, -0.1) is 5.10 Å². The fraction of sp³-hybridized carbons (Fsp3) is 0.125. The van der Waals surface area contributed by atoms with Crippen LogP contribution in [-0.2, 0) is 9.59 Å². The Morgan fingerprint density at radius 1 is 1.35 bits per heavy atom. The van der Waals surface area contributed by atoms with E-state index < -0.39 is 17.1 Å². The molecule has 0 radical (unpaired) electrons. The van der Waals surface area contributed by atoms with E-state index in [1.54, 1.807) is 30.3 Å². The summed E-state index contributed by atoms with van der Waals surface area (Å²) in [7, 11) is 0. The van der Waals surface area contributed by atoms with Crippen LogP contribution in [0.25, 0.3) is 11.3 Å². The maximum atomic E-state index is 11.6. The van der Waals surface area contributed by atoms with Gasteiger partial charge >= 0.3 is 5.97 Å². The van der Waals surface area contributed by atoms with Crippen molar-refractivity contribution < 1.29 is 19.1 Å². The molecule has 2 heterocycles. The molecule has 2 aromatic rings. The number of thioether (sulfide) groups is 1. The van der Waals surface area contributed by atoms with Crippen LogP contribution in [0.4, 0.5) is 0 Å². The molecule has 10 heteroatoms. The Morgan fingerprint density at radius 2 is 2.15 bits per heavy atom. The summed E-state index contributed by atoms with van der Waals surface area (Å²) in [5, 5.41) is 19.3. The highest BCUT2D eigenvalue weighted by Gasteiger charge is 2.32. The molecule has 0 unspecified atom stereocenters. The van der Waals surface area contributed by atoms with Gasteiger partial charge < -0.3 is 14.8 Å². The fourth-order valence-corrected chi connectivity index (χ4v) is 3.45. The van der Waals surface area contributed by atoms with E-state index in [-0.39, 0.29) is 11.6 Å². The first kappa shape index (κ1) is 18.5. The van der Waals surface area contributed by atoms with Crippen LogP contribution in [0.1, 0.15) is 12.2 Å². The van der Waals surface area contributed by atoms with Gasteiger partial charge in [0.2, 0.25) is 5.91 Å². The summed E-state index contributed by atoms with van der Waals surface area (Å²) >= 11 is 13.2. The topological polar surface area (TPSA) is 104 Å². The van der Waals surface area contributed by atoms with Gasteiger partial charge in [0.05, 0.1) is 22.7 Å². The number of carboxylic acids is 1. The number of nitrogens with one attached hydrogen (secondary N) is 1. The van der Waals surface area contributed by atoms with Crippen LogP contribution >= 0.6 is 35.0 Å². The van der Waals surface area contributed by atoms with Crippen molar-refractivity contribution in [3.05, 3.63) is 46.1 Å². The zero-order valence-corrected chi connectivity index (χ0v) is 15.3. The molecule has 0 spiro atoms. The second-order valence-electron chi connectivity index (χ2n) is 5.15. The molecule has 26 heavy (non-hydrogen) atoms. The summed E-state index contributed by atoms with van der Waals surface area (Å²) in [6.07, 6.45) is 1.09. The minimum Gasteiger partial charge on any atom is -0.481 e. The lowest BCUT2D eigenvalue weighted by Gasteiger charge is -2.01. The van der Waals surface area contributed by atoms with Crippen LogP contribution in [0.5, 0.6) is 0 Å². The highest BCUT2D eigenvalue weighted by Crippen LogP contribution is 2.34. The zero-order valence-electron chi connectivity index (χ0n) is 13.0. The predicted octanol–water partition coefficient (Wildman–Crippen LogP) is 3.65. The largest absolute Gasteiger partial charge is 0.481 e. The number of carboxylic acid groups (broad SMARTS) is 1. The van der Waals surface area contributed by atoms with E-state index in [0.717, 1.165) is 11.8 Å². The first-order valence-electron chi connectivity index (χ1n) is 7.28. The number of benzene rings is 1. The van der Waals surface area contributed by atoms with Crippen molar-refractivity contribution in [1.82, 2.24) is 5.32 Å². The Balaban J connectivity index is 1.69. The van der Waals surface area contributed by atoms with Crippen molar-refractivity contribution in [2.24, 2.45) is 10.2 Å². The number of rotatable bonds is 5. The molecule has 1 aliphatic rings. The number of amides is 1. The van der Waals surface area contributed by atoms with Crippen LogP contribution in [0.15, 0.2) is 45.0 Å². The predicted molar refractivity (Wildman–Crippen MR) is 101 cm³/mol. The lowest BCUT2D eigenvalue weighted by molar-refractivity contribution is -0.138. The van der Waals surface area contributed by atoms with Gasteiger partial charge in [-0.1, -0.05) is 41.0 Å². The molecule has 134 valence electrons. The van der Waals surface area contributed by atoms with E-state index >= 15 is 0 Å². The van der Waals surface area contributed by atoms with Gasteiger partial charge in [-0.25, -0.2) is 0 Å². The number of furan rings is 1. The number of halogens is 2. The van der Waals surface area contributed by atoms with Gasteiger partial charge in [0, 0.05) is 5.56 Å². The average molecular weight is 412 g/mol. The van der Waals surface area contributed by atoms with Gasteiger partial charge in [0.1, 0.15) is 16.8 Å². The summed E-state index contributed by atoms with van der Waals surface area (Å²) in [5.41, 5.74) is 0.653. The maximum absolute atomic E-state index is 11.6. The number of hydrogen-bond donors (Lipinski definition) is 2. The molecule has 1 aliphatic heterocycles. The smallest absolute Gasteiger partial charge is 0.305 e. The number of amidine groups is 1. The second-order valence-corrected chi connectivity index (χ2v) is 7.12. The summed E-state index contributed by atoms with van der Waals surface area (Å²) in [5.74, 6) is -0.499. The van der Waals surface area contributed by atoms with Crippen molar-refractivity contribution in [3.63, 3.8) is 0 Å². The standard InChI is InChI=1S/C16H11Cl2N3O4S/c17-10-3-1-2-9(14(10)18)11-5-4-8(25-11)7-19-21-16-20-15(24)12(26-16)6-13(22)23/h1-5,7,12H,6H2,(H,22,23)(H,20,21,24)/b19-7-/t12-/m0/s1. The molecular weight excluding hydrogens is 401 g/mol. The Hall–Kier alpha value is -2.29. The SMILES string of the molecule is O=C(O)C[C@@H]1S/C(=N\N=C/c2ccc(-c3cccc(Cl)c3Cl)o2)NC1=O. The van der Waals surface area contributed by atoms with Crippen molar-refractivity contribution in [2.75, 3.05) is 0 Å². The Bertz CT molecular complexity index is 926. The molecule has 1 aromatic heterocycles.